The third kappa shape index (κ3) is 3.52. The summed E-state index contributed by atoms with van der Waals surface area (Å²) in [6.07, 6.45) is 5.37. The fourth-order valence-electron chi connectivity index (χ4n) is 2.73. The molecule has 0 bridgehead atoms. The Morgan fingerprint density at radius 1 is 1.58 bits per heavy atom. The topological polar surface area (TPSA) is 52.0 Å². The maximum absolute atomic E-state index is 9.05. The number of pyridine rings is 1. The van der Waals surface area contributed by atoms with E-state index < -0.39 is 0 Å². The molecule has 2 rings (SSSR count). The van der Waals surface area contributed by atoms with Crippen molar-refractivity contribution in [3.05, 3.63) is 30.1 Å². The van der Waals surface area contributed by atoms with Gasteiger partial charge in [0, 0.05) is 37.1 Å². The summed E-state index contributed by atoms with van der Waals surface area (Å²) in [7, 11) is 0. The van der Waals surface area contributed by atoms with Gasteiger partial charge in [0.1, 0.15) is 0 Å². The first kappa shape index (κ1) is 14.0. The summed E-state index contributed by atoms with van der Waals surface area (Å²) in [5.41, 5.74) is 1.31. The van der Waals surface area contributed by atoms with Gasteiger partial charge in [0.05, 0.1) is 12.5 Å². The quantitative estimate of drug-likeness (QED) is 0.900. The SMILES string of the molecule is CC1(C)CCNCC(CC#N)N1Cc1cccnc1. The standard InChI is InChI=1S/C15H22N4/c1-15(2)6-9-18-11-14(5-7-16)19(15)12-13-4-3-8-17-10-13/h3-4,8,10,14,18H,5-6,9,11-12H2,1-2H3. The smallest absolute Gasteiger partial charge is 0.0638 e. The molecule has 0 aromatic carbocycles. The van der Waals surface area contributed by atoms with Crippen LogP contribution in [-0.2, 0) is 6.54 Å². The molecule has 0 amide bonds. The zero-order chi connectivity index (χ0) is 13.7. The lowest BCUT2D eigenvalue weighted by Gasteiger charge is -2.41. The molecule has 1 atom stereocenters. The molecule has 102 valence electrons. The van der Waals surface area contributed by atoms with Crippen LogP contribution in [0.25, 0.3) is 0 Å². The van der Waals surface area contributed by atoms with Crippen LogP contribution in [0.1, 0.15) is 32.3 Å². The number of hydrogen-bond donors (Lipinski definition) is 1. The largest absolute Gasteiger partial charge is 0.315 e. The summed E-state index contributed by atoms with van der Waals surface area (Å²) in [5, 5.41) is 12.5. The zero-order valence-corrected chi connectivity index (χ0v) is 11.8. The fraction of sp³-hybridized carbons (Fsp3) is 0.600. The van der Waals surface area contributed by atoms with E-state index in [-0.39, 0.29) is 11.6 Å². The van der Waals surface area contributed by atoms with Crippen molar-refractivity contribution >= 4 is 0 Å². The van der Waals surface area contributed by atoms with Crippen LogP contribution in [0.2, 0.25) is 0 Å². The van der Waals surface area contributed by atoms with Crippen LogP contribution in [0, 0.1) is 11.3 Å². The molecule has 1 aromatic heterocycles. The second-order valence-corrected chi connectivity index (χ2v) is 5.77. The molecule has 4 heteroatoms. The van der Waals surface area contributed by atoms with Crippen LogP contribution >= 0.6 is 0 Å². The van der Waals surface area contributed by atoms with E-state index >= 15 is 0 Å². The summed E-state index contributed by atoms with van der Waals surface area (Å²) in [6.45, 7) is 7.28. The normalized spacial score (nSPS) is 23.5. The summed E-state index contributed by atoms with van der Waals surface area (Å²) in [6, 6.07) is 6.66. The molecule has 19 heavy (non-hydrogen) atoms. The van der Waals surface area contributed by atoms with Crippen molar-refractivity contribution in [1.29, 1.82) is 5.26 Å². The Balaban J connectivity index is 2.21. The van der Waals surface area contributed by atoms with Gasteiger partial charge in [-0.1, -0.05) is 6.07 Å². The molecule has 1 saturated heterocycles. The number of hydrogen-bond acceptors (Lipinski definition) is 4. The monoisotopic (exact) mass is 258 g/mol. The highest BCUT2D eigenvalue weighted by Gasteiger charge is 2.34. The molecule has 0 saturated carbocycles. The first-order valence-corrected chi connectivity index (χ1v) is 6.87. The highest BCUT2D eigenvalue weighted by atomic mass is 15.2. The Labute approximate surface area is 115 Å². The highest BCUT2D eigenvalue weighted by molar-refractivity contribution is 5.10. The van der Waals surface area contributed by atoms with E-state index in [1.165, 1.54) is 5.56 Å². The molecule has 1 aromatic rings. The molecule has 0 radical (unpaired) electrons. The van der Waals surface area contributed by atoms with E-state index in [9.17, 15) is 0 Å². The summed E-state index contributed by atoms with van der Waals surface area (Å²) < 4.78 is 0. The highest BCUT2D eigenvalue weighted by Crippen LogP contribution is 2.26. The molecule has 1 aliphatic rings. The van der Waals surface area contributed by atoms with Crippen molar-refractivity contribution in [1.82, 2.24) is 15.2 Å². The number of nitrogens with zero attached hydrogens (tertiary/aromatic N) is 3. The van der Waals surface area contributed by atoms with Crippen molar-refractivity contribution in [3.8, 4) is 6.07 Å². The van der Waals surface area contributed by atoms with Gasteiger partial charge < -0.3 is 5.32 Å². The first-order valence-electron chi connectivity index (χ1n) is 6.87. The van der Waals surface area contributed by atoms with E-state index in [2.05, 4.69) is 41.2 Å². The van der Waals surface area contributed by atoms with Gasteiger partial charge in [-0.2, -0.15) is 5.26 Å². The lowest BCUT2D eigenvalue weighted by Crippen LogP contribution is -2.49. The van der Waals surface area contributed by atoms with E-state index in [0.717, 1.165) is 26.1 Å². The lowest BCUT2D eigenvalue weighted by molar-refractivity contribution is 0.0706. The molecule has 0 aliphatic carbocycles. The number of aromatic nitrogens is 1. The van der Waals surface area contributed by atoms with Crippen LogP contribution in [0.3, 0.4) is 0 Å². The fourth-order valence-corrected chi connectivity index (χ4v) is 2.73. The van der Waals surface area contributed by atoms with Gasteiger partial charge in [-0.15, -0.1) is 0 Å². The van der Waals surface area contributed by atoms with Gasteiger partial charge >= 0.3 is 0 Å². The molecule has 2 heterocycles. The third-order valence-corrected chi connectivity index (χ3v) is 3.91. The Morgan fingerprint density at radius 3 is 3.11 bits per heavy atom. The van der Waals surface area contributed by atoms with Crippen LogP contribution in [0.5, 0.6) is 0 Å². The predicted molar refractivity (Wildman–Crippen MR) is 75.4 cm³/mol. The maximum atomic E-state index is 9.05. The molecule has 1 fully saturated rings. The molecule has 1 unspecified atom stereocenters. The van der Waals surface area contributed by atoms with Crippen molar-refractivity contribution in [2.24, 2.45) is 0 Å². The van der Waals surface area contributed by atoms with E-state index in [0.29, 0.717) is 6.42 Å². The van der Waals surface area contributed by atoms with Crippen molar-refractivity contribution in [2.45, 2.75) is 44.8 Å². The van der Waals surface area contributed by atoms with Gasteiger partial charge in [-0.05, 0) is 38.4 Å². The zero-order valence-electron chi connectivity index (χ0n) is 11.8. The molecular formula is C15H22N4. The van der Waals surface area contributed by atoms with Gasteiger partial charge in [0.25, 0.3) is 0 Å². The minimum absolute atomic E-state index is 0.0981. The lowest BCUT2D eigenvalue weighted by atomic mass is 9.95. The Hall–Kier alpha value is -1.44. The first-order chi connectivity index (χ1) is 9.13. The van der Waals surface area contributed by atoms with E-state index in [1.807, 2.05) is 12.3 Å². The number of nitrogens with one attached hydrogen (secondary N) is 1. The second-order valence-electron chi connectivity index (χ2n) is 5.77. The summed E-state index contributed by atoms with van der Waals surface area (Å²) >= 11 is 0. The Bertz CT molecular complexity index is 435. The molecular weight excluding hydrogens is 236 g/mol. The van der Waals surface area contributed by atoms with Gasteiger partial charge in [-0.25, -0.2) is 0 Å². The molecule has 1 aliphatic heterocycles. The molecule has 0 spiro atoms. The summed E-state index contributed by atoms with van der Waals surface area (Å²) in [5.74, 6) is 0. The van der Waals surface area contributed by atoms with Crippen LogP contribution in [0.4, 0.5) is 0 Å². The molecule has 4 nitrogen and oxygen atoms in total. The average molecular weight is 258 g/mol. The van der Waals surface area contributed by atoms with Crippen molar-refractivity contribution in [3.63, 3.8) is 0 Å². The number of nitriles is 1. The van der Waals surface area contributed by atoms with Gasteiger partial charge in [0.2, 0.25) is 0 Å². The Morgan fingerprint density at radius 2 is 2.42 bits per heavy atom. The van der Waals surface area contributed by atoms with Crippen LogP contribution < -0.4 is 5.32 Å². The van der Waals surface area contributed by atoms with E-state index in [1.54, 1.807) is 6.20 Å². The van der Waals surface area contributed by atoms with Crippen LogP contribution in [-0.4, -0.2) is 34.6 Å². The van der Waals surface area contributed by atoms with Gasteiger partial charge in [0.15, 0.2) is 0 Å². The van der Waals surface area contributed by atoms with Crippen molar-refractivity contribution < 1.29 is 0 Å². The van der Waals surface area contributed by atoms with E-state index in [4.69, 9.17) is 5.26 Å². The number of rotatable bonds is 3. The van der Waals surface area contributed by atoms with Gasteiger partial charge in [-0.3, -0.25) is 9.88 Å². The predicted octanol–water partition coefficient (Wildman–Crippen LogP) is 1.94. The second kappa shape index (κ2) is 6.14. The third-order valence-electron chi connectivity index (χ3n) is 3.91. The Kier molecular flexibility index (Phi) is 4.52. The van der Waals surface area contributed by atoms with Crippen LogP contribution in [0.15, 0.2) is 24.5 Å². The average Bonchev–Trinajstić information content (AvgIpc) is 2.53. The minimum Gasteiger partial charge on any atom is -0.315 e. The van der Waals surface area contributed by atoms with Crippen molar-refractivity contribution in [2.75, 3.05) is 13.1 Å². The maximum Gasteiger partial charge on any atom is 0.0638 e. The molecule has 1 N–H and O–H groups in total. The summed E-state index contributed by atoms with van der Waals surface area (Å²) in [4.78, 5) is 6.64. The minimum atomic E-state index is 0.0981.